The number of benzene rings is 1. The quantitative estimate of drug-likeness (QED) is 0.420. The van der Waals surface area contributed by atoms with Crippen LogP contribution in [0.3, 0.4) is 0 Å². The van der Waals surface area contributed by atoms with E-state index in [1.165, 1.54) is 11.1 Å². The summed E-state index contributed by atoms with van der Waals surface area (Å²) in [6.45, 7) is 15.8. The highest BCUT2D eigenvalue weighted by Gasteiger charge is 2.30. The molecule has 0 N–H and O–H groups in total. The summed E-state index contributed by atoms with van der Waals surface area (Å²) in [5.41, 5.74) is 2.39. The summed E-state index contributed by atoms with van der Waals surface area (Å²) < 4.78 is 6.12. The number of rotatable bonds is 6. The molecule has 3 heteroatoms. The van der Waals surface area contributed by atoms with Gasteiger partial charge in [-0.15, -0.1) is 0 Å². The molecule has 2 rings (SSSR count). The Morgan fingerprint density at radius 2 is 2.00 bits per heavy atom. The van der Waals surface area contributed by atoms with Crippen molar-refractivity contribution in [3.05, 3.63) is 64.4 Å². The highest BCUT2D eigenvalue weighted by Crippen LogP contribution is 2.39. The predicted octanol–water partition coefficient (Wildman–Crippen LogP) is 6.42. The second kappa shape index (κ2) is 7.33. The lowest BCUT2D eigenvalue weighted by Gasteiger charge is -2.29. The smallest absolute Gasteiger partial charge is 0.126 e. The Hall–Kier alpha value is -1.25. The van der Waals surface area contributed by atoms with Crippen molar-refractivity contribution in [3.8, 4) is 5.75 Å². The molecule has 0 bridgehead atoms. The van der Waals surface area contributed by atoms with Crippen molar-refractivity contribution in [1.29, 1.82) is 0 Å². The molecular weight excluding hydrogens is 332 g/mol. The van der Waals surface area contributed by atoms with Crippen molar-refractivity contribution in [2.24, 2.45) is 0 Å². The third-order valence-corrected chi connectivity index (χ3v) is 8.15. The number of allylic oxidation sites excluding steroid dienone is 4. The molecule has 0 atom stereocenters. The fraction of sp³-hybridized carbons (Fsp3) is 0.429. The van der Waals surface area contributed by atoms with E-state index in [4.69, 9.17) is 16.3 Å². The minimum atomic E-state index is -1.55. The van der Waals surface area contributed by atoms with Crippen molar-refractivity contribution < 1.29 is 4.74 Å². The maximum Gasteiger partial charge on any atom is 0.126 e. The molecule has 0 spiro atoms. The molecule has 1 aromatic rings. The lowest BCUT2D eigenvalue weighted by Crippen LogP contribution is -2.32. The summed E-state index contributed by atoms with van der Waals surface area (Å²) in [7, 11) is -1.55. The normalized spacial score (nSPS) is 14.7. The van der Waals surface area contributed by atoms with Crippen LogP contribution in [-0.4, -0.2) is 14.7 Å². The zero-order chi connectivity index (χ0) is 18.0. The molecule has 1 nitrogen and oxygen atoms in total. The summed E-state index contributed by atoms with van der Waals surface area (Å²) in [4.78, 5) is 0. The summed E-state index contributed by atoms with van der Waals surface area (Å²) in [6.07, 6.45) is 9.62. The van der Waals surface area contributed by atoms with Crippen LogP contribution < -0.4 is 4.74 Å². The Kier molecular flexibility index (Phi) is 5.82. The van der Waals surface area contributed by atoms with Crippen LogP contribution in [0.2, 0.25) is 18.1 Å². The molecule has 130 valence electrons. The average molecular weight is 361 g/mol. The second-order valence-electron chi connectivity index (χ2n) is 8.18. The van der Waals surface area contributed by atoms with Crippen LogP contribution in [0, 0.1) is 0 Å². The molecule has 0 amide bonds. The van der Waals surface area contributed by atoms with Crippen LogP contribution >= 0.6 is 11.6 Å². The number of halogens is 1. The van der Waals surface area contributed by atoms with Gasteiger partial charge in [0.15, 0.2) is 0 Å². The molecule has 1 aromatic carbocycles. The number of hydrogen-bond donors (Lipinski definition) is 0. The molecular formula is C21H29ClOSi. The SMILES string of the molecule is C=CCOc1c(C[Si](C)(C)C2=CC=CC2)cc(Cl)cc1C(C)(C)C. The summed E-state index contributed by atoms with van der Waals surface area (Å²) in [5, 5.41) is 2.39. The van der Waals surface area contributed by atoms with Gasteiger partial charge in [-0.25, -0.2) is 0 Å². The third-order valence-electron chi connectivity index (χ3n) is 4.56. The average Bonchev–Trinajstić information content (AvgIpc) is 2.99. The number of ether oxygens (including phenoxy) is 1. The number of hydrogen-bond acceptors (Lipinski definition) is 1. The van der Waals surface area contributed by atoms with Crippen LogP contribution in [0.15, 0.2) is 48.2 Å². The Morgan fingerprint density at radius 1 is 1.29 bits per heavy atom. The van der Waals surface area contributed by atoms with Gasteiger partial charge in [-0.3, -0.25) is 0 Å². The first-order valence-corrected chi connectivity index (χ1v) is 12.2. The van der Waals surface area contributed by atoms with Crippen molar-refractivity contribution in [2.75, 3.05) is 6.61 Å². The van der Waals surface area contributed by atoms with Gasteiger partial charge in [-0.2, -0.15) is 0 Å². The van der Waals surface area contributed by atoms with E-state index in [9.17, 15) is 0 Å². The maximum atomic E-state index is 6.46. The third kappa shape index (κ3) is 4.43. The van der Waals surface area contributed by atoms with E-state index < -0.39 is 8.07 Å². The second-order valence-corrected chi connectivity index (χ2v) is 13.4. The largest absolute Gasteiger partial charge is 0.489 e. The van der Waals surface area contributed by atoms with E-state index in [2.05, 4.69) is 70.8 Å². The van der Waals surface area contributed by atoms with Crippen molar-refractivity contribution in [2.45, 2.75) is 51.7 Å². The van der Waals surface area contributed by atoms with Gasteiger partial charge < -0.3 is 4.74 Å². The molecule has 0 fully saturated rings. The van der Waals surface area contributed by atoms with E-state index in [1.54, 1.807) is 11.3 Å². The standard InChI is InChI=1S/C21H29ClOSi/c1-7-12-23-20-16(13-17(22)14-19(20)21(2,3)4)15-24(5,6)18-10-8-9-11-18/h7-10,13-14H,1,11-12,15H2,2-6H3. The van der Waals surface area contributed by atoms with Crippen LogP contribution in [0.4, 0.5) is 0 Å². The van der Waals surface area contributed by atoms with Gasteiger partial charge in [0.05, 0.1) is 8.07 Å². The minimum absolute atomic E-state index is 0.0178. The highest BCUT2D eigenvalue weighted by atomic mass is 35.5. The van der Waals surface area contributed by atoms with Gasteiger partial charge in [0.25, 0.3) is 0 Å². The van der Waals surface area contributed by atoms with E-state index in [0.29, 0.717) is 6.61 Å². The lowest BCUT2D eigenvalue weighted by atomic mass is 9.85. The van der Waals surface area contributed by atoms with E-state index in [0.717, 1.165) is 23.2 Å². The van der Waals surface area contributed by atoms with Gasteiger partial charge in [-0.05, 0) is 35.6 Å². The van der Waals surface area contributed by atoms with Gasteiger partial charge in [-0.1, -0.05) is 81.5 Å². The first-order valence-electron chi connectivity index (χ1n) is 8.58. The highest BCUT2D eigenvalue weighted by molar-refractivity contribution is 6.83. The van der Waals surface area contributed by atoms with Crippen LogP contribution in [-0.2, 0) is 11.5 Å². The van der Waals surface area contributed by atoms with Crippen molar-refractivity contribution in [1.82, 2.24) is 0 Å². The zero-order valence-corrected chi connectivity index (χ0v) is 17.3. The van der Waals surface area contributed by atoms with Crippen molar-refractivity contribution >= 4 is 19.7 Å². The van der Waals surface area contributed by atoms with Gasteiger partial charge in [0, 0.05) is 10.6 Å². The molecule has 0 saturated carbocycles. The van der Waals surface area contributed by atoms with E-state index >= 15 is 0 Å². The molecule has 0 radical (unpaired) electrons. The van der Waals surface area contributed by atoms with Crippen molar-refractivity contribution in [3.63, 3.8) is 0 Å². The molecule has 24 heavy (non-hydrogen) atoms. The molecule has 0 heterocycles. The predicted molar refractivity (Wildman–Crippen MR) is 109 cm³/mol. The van der Waals surface area contributed by atoms with Gasteiger partial charge >= 0.3 is 0 Å². The van der Waals surface area contributed by atoms with Crippen LogP contribution in [0.5, 0.6) is 5.75 Å². The Labute approximate surface area is 153 Å². The summed E-state index contributed by atoms with van der Waals surface area (Å²) >= 11 is 6.46. The van der Waals surface area contributed by atoms with Crippen LogP contribution in [0.25, 0.3) is 0 Å². The topological polar surface area (TPSA) is 9.23 Å². The zero-order valence-electron chi connectivity index (χ0n) is 15.6. The maximum absolute atomic E-state index is 6.46. The molecule has 0 saturated heterocycles. The summed E-state index contributed by atoms with van der Waals surface area (Å²) in [6, 6.07) is 5.18. The Bertz CT molecular complexity index is 678. The van der Waals surface area contributed by atoms with E-state index in [1.807, 2.05) is 0 Å². The first-order chi connectivity index (χ1) is 11.1. The van der Waals surface area contributed by atoms with Gasteiger partial charge in [0.2, 0.25) is 0 Å². The molecule has 1 aliphatic carbocycles. The molecule has 0 unspecified atom stereocenters. The Balaban J connectivity index is 2.47. The first kappa shape index (κ1) is 19.1. The summed E-state index contributed by atoms with van der Waals surface area (Å²) in [5.74, 6) is 0.999. The van der Waals surface area contributed by atoms with Gasteiger partial charge in [0.1, 0.15) is 12.4 Å². The monoisotopic (exact) mass is 360 g/mol. The van der Waals surface area contributed by atoms with Crippen LogP contribution in [0.1, 0.15) is 38.3 Å². The fourth-order valence-electron chi connectivity index (χ4n) is 3.19. The molecule has 0 aromatic heterocycles. The fourth-order valence-corrected chi connectivity index (χ4v) is 6.09. The molecule has 0 aliphatic heterocycles. The lowest BCUT2D eigenvalue weighted by molar-refractivity contribution is 0.348. The minimum Gasteiger partial charge on any atom is -0.489 e. The Morgan fingerprint density at radius 3 is 2.54 bits per heavy atom. The van der Waals surface area contributed by atoms with E-state index in [-0.39, 0.29) is 5.41 Å². The molecule has 1 aliphatic rings.